The van der Waals surface area contributed by atoms with Gasteiger partial charge in [-0.25, -0.2) is 0 Å². The molecule has 0 fully saturated rings. The second-order valence-electron chi connectivity index (χ2n) is 4.28. The number of hydrogen-bond acceptors (Lipinski definition) is 4. The Kier molecular flexibility index (Phi) is 4.50. The maximum absolute atomic E-state index is 5.07. The molecule has 96 valence electrons. The molecule has 0 saturated heterocycles. The predicted octanol–water partition coefficient (Wildman–Crippen LogP) is 2.42. The summed E-state index contributed by atoms with van der Waals surface area (Å²) >= 11 is 0. The first-order valence-electron chi connectivity index (χ1n) is 5.97. The monoisotopic (exact) mass is 246 g/mol. The van der Waals surface area contributed by atoms with Crippen LogP contribution in [-0.2, 0) is 24.4 Å². The summed E-state index contributed by atoms with van der Waals surface area (Å²) in [6.07, 6.45) is 0. The van der Waals surface area contributed by atoms with E-state index in [1.165, 1.54) is 11.1 Å². The fraction of sp³-hybridized carbons (Fsp3) is 0.357. The van der Waals surface area contributed by atoms with Crippen LogP contribution in [0.5, 0.6) is 0 Å². The third kappa shape index (κ3) is 3.68. The summed E-state index contributed by atoms with van der Waals surface area (Å²) < 4.78 is 10.1. The van der Waals surface area contributed by atoms with E-state index in [1.807, 2.05) is 13.0 Å². The van der Waals surface area contributed by atoms with Crippen molar-refractivity contribution < 1.29 is 9.26 Å². The van der Waals surface area contributed by atoms with Crippen LogP contribution in [0, 0.1) is 6.92 Å². The first-order chi connectivity index (χ1) is 8.78. The third-order valence-corrected chi connectivity index (χ3v) is 2.65. The summed E-state index contributed by atoms with van der Waals surface area (Å²) in [6, 6.07) is 10.3. The van der Waals surface area contributed by atoms with Crippen LogP contribution in [0.25, 0.3) is 0 Å². The standard InChI is InChI=1S/C14H18N2O2/c1-11-7-14(16-18-11)9-15-8-12-3-5-13(6-4-12)10-17-2/h3-7,15H,8-10H2,1-2H3. The molecule has 0 saturated carbocycles. The second kappa shape index (κ2) is 6.33. The number of nitrogens with zero attached hydrogens (tertiary/aromatic N) is 1. The summed E-state index contributed by atoms with van der Waals surface area (Å²) in [4.78, 5) is 0. The SMILES string of the molecule is COCc1ccc(CNCc2cc(C)on2)cc1. The number of methoxy groups -OCH3 is 1. The van der Waals surface area contributed by atoms with Crippen LogP contribution in [-0.4, -0.2) is 12.3 Å². The molecule has 1 aromatic carbocycles. The lowest BCUT2D eigenvalue weighted by Crippen LogP contribution is -2.12. The zero-order chi connectivity index (χ0) is 12.8. The van der Waals surface area contributed by atoms with E-state index >= 15 is 0 Å². The van der Waals surface area contributed by atoms with Gasteiger partial charge in [0.1, 0.15) is 5.76 Å². The smallest absolute Gasteiger partial charge is 0.133 e. The van der Waals surface area contributed by atoms with Gasteiger partial charge in [0, 0.05) is 26.3 Å². The average molecular weight is 246 g/mol. The number of aromatic nitrogens is 1. The Hall–Kier alpha value is -1.65. The Labute approximate surface area is 107 Å². The van der Waals surface area contributed by atoms with Crippen LogP contribution in [0.15, 0.2) is 34.9 Å². The highest BCUT2D eigenvalue weighted by molar-refractivity contribution is 5.22. The first kappa shape index (κ1) is 12.8. The lowest BCUT2D eigenvalue weighted by atomic mass is 10.1. The Morgan fingerprint density at radius 3 is 2.50 bits per heavy atom. The van der Waals surface area contributed by atoms with E-state index < -0.39 is 0 Å². The van der Waals surface area contributed by atoms with Gasteiger partial charge in [-0.3, -0.25) is 0 Å². The summed E-state index contributed by atoms with van der Waals surface area (Å²) in [5.41, 5.74) is 3.37. The van der Waals surface area contributed by atoms with Crippen LogP contribution in [0.4, 0.5) is 0 Å². The normalized spacial score (nSPS) is 10.8. The molecule has 0 aliphatic carbocycles. The minimum Gasteiger partial charge on any atom is -0.380 e. The van der Waals surface area contributed by atoms with Gasteiger partial charge in [-0.1, -0.05) is 29.4 Å². The number of benzene rings is 1. The quantitative estimate of drug-likeness (QED) is 0.850. The molecule has 2 aromatic rings. The average Bonchev–Trinajstić information content (AvgIpc) is 2.78. The molecule has 0 spiro atoms. The molecule has 0 amide bonds. The van der Waals surface area contributed by atoms with Gasteiger partial charge in [0.05, 0.1) is 12.3 Å². The largest absolute Gasteiger partial charge is 0.380 e. The highest BCUT2D eigenvalue weighted by atomic mass is 16.5. The zero-order valence-corrected chi connectivity index (χ0v) is 10.8. The molecule has 0 aliphatic heterocycles. The van der Waals surface area contributed by atoms with Gasteiger partial charge in [-0.05, 0) is 18.1 Å². The van der Waals surface area contributed by atoms with Gasteiger partial charge in [-0.15, -0.1) is 0 Å². The van der Waals surface area contributed by atoms with Gasteiger partial charge >= 0.3 is 0 Å². The van der Waals surface area contributed by atoms with E-state index in [-0.39, 0.29) is 0 Å². The lowest BCUT2D eigenvalue weighted by Gasteiger charge is -2.04. The lowest BCUT2D eigenvalue weighted by molar-refractivity contribution is 0.185. The highest BCUT2D eigenvalue weighted by Gasteiger charge is 2.00. The molecule has 1 N–H and O–H groups in total. The van der Waals surface area contributed by atoms with Gasteiger partial charge in [0.2, 0.25) is 0 Å². The topological polar surface area (TPSA) is 47.3 Å². The number of nitrogens with one attached hydrogen (secondary N) is 1. The molecule has 4 heteroatoms. The first-order valence-corrected chi connectivity index (χ1v) is 5.97. The zero-order valence-electron chi connectivity index (χ0n) is 10.8. The molecule has 0 radical (unpaired) electrons. The van der Waals surface area contributed by atoms with Crippen LogP contribution in [0.3, 0.4) is 0 Å². The molecule has 1 aromatic heterocycles. The van der Waals surface area contributed by atoms with E-state index in [1.54, 1.807) is 7.11 Å². The van der Waals surface area contributed by atoms with Gasteiger partial charge in [0.15, 0.2) is 0 Å². The van der Waals surface area contributed by atoms with Gasteiger partial charge in [0.25, 0.3) is 0 Å². The van der Waals surface area contributed by atoms with Crippen LogP contribution >= 0.6 is 0 Å². The van der Waals surface area contributed by atoms with Crippen LogP contribution in [0.2, 0.25) is 0 Å². The van der Waals surface area contributed by atoms with E-state index in [0.29, 0.717) is 6.61 Å². The number of hydrogen-bond donors (Lipinski definition) is 1. The summed E-state index contributed by atoms with van der Waals surface area (Å²) in [5.74, 6) is 0.843. The molecule has 1 heterocycles. The van der Waals surface area contributed by atoms with E-state index in [0.717, 1.165) is 24.5 Å². The predicted molar refractivity (Wildman–Crippen MR) is 68.9 cm³/mol. The number of aryl methyl sites for hydroxylation is 1. The molecular formula is C14H18N2O2. The fourth-order valence-corrected chi connectivity index (χ4v) is 1.76. The summed E-state index contributed by atoms with van der Waals surface area (Å²) in [7, 11) is 1.70. The van der Waals surface area contributed by atoms with E-state index in [9.17, 15) is 0 Å². The van der Waals surface area contributed by atoms with Crippen molar-refractivity contribution in [1.82, 2.24) is 10.5 Å². The van der Waals surface area contributed by atoms with Gasteiger partial charge < -0.3 is 14.6 Å². The van der Waals surface area contributed by atoms with Gasteiger partial charge in [-0.2, -0.15) is 0 Å². The summed E-state index contributed by atoms with van der Waals surface area (Å²) in [5, 5.41) is 7.26. The molecule has 0 atom stereocenters. The Bertz CT molecular complexity index is 477. The molecular weight excluding hydrogens is 228 g/mol. The number of ether oxygens (including phenoxy) is 1. The Balaban J connectivity index is 1.79. The maximum atomic E-state index is 5.07. The number of rotatable bonds is 6. The van der Waals surface area contributed by atoms with Crippen molar-refractivity contribution in [3.8, 4) is 0 Å². The molecule has 0 aliphatic rings. The summed E-state index contributed by atoms with van der Waals surface area (Å²) in [6.45, 7) is 4.09. The third-order valence-electron chi connectivity index (χ3n) is 2.65. The minimum absolute atomic E-state index is 0.659. The van der Waals surface area contributed by atoms with Crippen molar-refractivity contribution in [2.45, 2.75) is 26.6 Å². The van der Waals surface area contributed by atoms with Crippen molar-refractivity contribution >= 4 is 0 Å². The van der Waals surface area contributed by atoms with Crippen molar-refractivity contribution in [3.63, 3.8) is 0 Å². The maximum Gasteiger partial charge on any atom is 0.133 e. The minimum atomic E-state index is 0.659. The van der Waals surface area contributed by atoms with Crippen molar-refractivity contribution in [3.05, 3.63) is 52.9 Å². The van der Waals surface area contributed by atoms with E-state index in [2.05, 4.69) is 34.7 Å². The highest BCUT2D eigenvalue weighted by Crippen LogP contribution is 2.06. The van der Waals surface area contributed by atoms with Crippen molar-refractivity contribution in [1.29, 1.82) is 0 Å². The van der Waals surface area contributed by atoms with Crippen molar-refractivity contribution in [2.24, 2.45) is 0 Å². The van der Waals surface area contributed by atoms with Crippen LogP contribution < -0.4 is 5.32 Å². The molecule has 18 heavy (non-hydrogen) atoms. The molecule has 4 nitrogen and oxygen atoms in total. The molecule has 2 rings (SSSR count). The molecule has 0 bridgehead atoms. The van der Waals surface area contributed by atoms with Crippen molar-refractivity contribution in [2.75, 3.05) is 7.11 Å². The van der Waals surface area contributed by atoms with Crippen LogP contribution in [0.1, 0.15) is 22.6 Å². The Morgan fingerprint density at radius 1 is 1.17 bits per heavy atom. The van der Waals surface area contributed by atoms with E-state index in [4.69, 9.17) is 9.26 Å². The Morgan fingerprint density at radius 2 is 1.89 bits per heavy atom. The molecule has 0 unspecified atom stereocenters. The fourth-order valence-electron chi connectivity index (χ4n) is 1.76. The second-order valence-corrected chi connectivity index (χ2v) is 4.28.